The van der Waals surface area contributed by atoms with E-state index in [2.05, 4.69) is 11.5 Å². The second-order valence-corrected chi connectivity index (χ2v) is 5.60. The average molecular weight is 323 g/mol. The fourth-order valence-electron chi connectivity index (χ4n) is 2.74. The molecule has 2 aromatic rings. The normalized spacial score (nSPS) is 15.6. The third kappa shape index (κ3) is 3.66. The number of rotatable bonds is 5. The SMILES string of the molecule is C=C/C=C\C=C/Cc1cccc2c(=O)cc(N3CCOCC3)oc12. The highest BCUT2D eigenvalue weighted by Crippen LogP contribution is 2.23. The molecule has 1 aromatic heterocycles. The molecular weight excluding hydrogens is 302 g/mol. The Kier molecular flexibility index (Phi) is 5.29. The molecule has 0 spiro atoms. The summed E-state index contributed by atoms with van der Waals surface area (Å²) in [5, 5.41) is 0.625. The lowest BCUT2D eigenvalue weighted by atomic mass is 10.1. The second-order valence-electron chi connectivity index (χ2n) is 5.60. The summed E-state index contributed by atoms with van der Waals surface area (Å²) in [7, 11) is 0. The summed E-state index contributed by atoms with van der Waals surface area (Å²) in [6.45, 7) is 6.42. The molecule has 1 aliphatic heterocycles. The Morgan fingerprint density at radius 1 is 1.17 bits per heavy atom. The van der Waals surface area contributed by atoms with Crippen LogP contribution in [0.2, 0.25) is 0 Å². The summed E-state index contributed by atoms with van der Waals surface area (Å²) in [6, 6.07) is 7.29. The highest BCUT2D eigenvalue weighted by molar-refractivity contribution is 5.81. The molecule has 124 valence electrons. The Bertz CT molecular complexity index is 826. The van der Waals surface area contributed by atoms with Crippen LogP contribution in [0, 0.1) is 0 Å². The van der Waals surface area contributed by atoms with Gasteiger partial charge in [0.15, 0.2) is 11.3 Å². The molecule has 1 aliphatic rings. The minimum Gasteiger partial charge on any atom is -0.440 e. The van der Waals surface area contributed by atoms with E-state index in [1.807, 2.05) is 42.5 Å². The number of anilines is 1. The van der Waals surface area contributed by atoms with E-state index in [1.54, 1.807) is 12.1 Å². The van der Waals surface area contributed by atoms with Gasteiger partial charge in [0.1, 0.15) is 5.58 Å². The summed E-state index contributed by atoms with van der Waals surface area (Å²) in [4.78, 5) is 14.5. The van der Waals surface area contributed by atoms with E-state index in [0.29, 0.717) is 36.5 Å². The highest BCUT2D eigenvalue weighted by Gasteiger charge is 2.16. The van der Waals surface area contributed by atoms with Gasteiger partial charge >= 0.3 is 0 Å². The largest absolute Gasteiger partial charge is 0.440 e. The van der Waals surface area contributed by atoms with E-state index in [0.717, 1.165) is 18.7 Å². The molecule has 1 aromatic carbocycles. The lowest BCUT2D eigenvalue weighted by Crippen LogP contribution is -2.36. The van der Waals surface area contributed by atoms with Crippen LogP contribution < -0.4 is 10.3 Å². The molecule has 4 heteroatoms. The number of fused-ring (bicyclic) bond motifs is 1. The topological polar surface area (TPSA) is 42.7 Å². The zero-order valence-corrected chi connectivity index (χ0v) is 13.6. The van der Waals surface area contributed by atoms with Crippen molar-refractivity contribution in [3.63, 3.8) is 0 Å². The standard InChI is InChI=1S/C20H21NO3/c1-2-3-4-5-6-8-16-9-7-10-17-18(22)15-19(24-20(16)17)21-11-13-23-14-12-21/h2-7,9-10,15H,1,8,11-14H2/b4-3-,6-5-. The van der Waals surface area contributed by atoms with Crippen molar-refractivity contribution in [2.45, 2.75) is 6.42 Å². The minimum absolute atomic E-state index is 0.00451. The van der Waals surface area contributed by atoms with Gasteiger partial charge in [-0.3, -0.25) is 4.79 Å². The van der Waals surface area contributed by atoms with Crippen LogP contribution in [0.25, 0.3) is 11.0 Å². The van der Waals surface area contributed by atoms with Gasteiger partial charge in [-0.25, -0.2) is 0 Å². The maximum absolute atomic E-state index is 12.5. The summed E-state index contributed by atoms with van der Waals surface area (Å²) in [6.07, 6.45) is 10.2. The molecule has 4 nitrogen and oxygen atoms in total. The molecule has 0 unspecified atom stereocenters. The predicted octanol–water partition coefficient (Wildman–Crippen LogP) is 3.47. The lowest BCUT2D eigenvalue weighted by Gasteiger charge is -2.27. The van der Waals surface area contributed by atoms with Crippen LogP contribution in [0.4, 0.5) is 5.88 Å². The van der Waals surface area contributed by atoms with Gasteiger partial charge in [0.2, 0.25) is 0 Å². The summed E-state index contributed by atoms with van der Waals surface area (Å²) < 4.78 is 11.5. The molecule has 0 saturated carbocycles. The van der Waals surface area contributed by atoms with Crippen LogP contribution in [0.15, 0.2) is 70.4 Å². The van der Waals surface area contributed by atoms with Crippen molar-refractivity contribution in [3.8, 4) is 0 Å². The first-order chi connectivity index (χ1) is 11.8. The lowest BCUT2D eigenvalue weighted by molar-refractivity contribution is 0.121. The van der Waals surface area contributed by atoms with Gasteiger partial charge in [-0.1, -0.05) is 49.1 Å². The van der Waals surface area contributed by atoms with E-state index in [1.165, 1.54) is 0 Å². The molecule has 0 radical (unpaired) electrons. The minimum atomic E-state index is -0.00451. The third-order valence-corrected chi connectivity index (χ3v) is 3.98. The van der Waals surface area contributed by atoms with E-state index in [-0.39, 0.29) is 5.43 Å². The number of allylic oxidation sites excluding steroid dienone is 5. The molecule has 0 N–H and O–H groups in total. The van der Waals surface area contributed by atoms with Gasteiger partial charge in [0.25, 0.3) is 0 Å². The predicted molar refractivity (Wildman–Crippen MR) is 97.7 cm³/mol. The molecule has 24 heavy (non-hydrogen) atoms. The first-order valence-corrected chi connectivity index (χ1v) is 8.12. The Morgan fingerprint density at radius 3 is 2.79 bits per heavy atom. The first kappa shape index (κ1) is 16.3. The Balaban J connectivity index is 1.95. The Morgan fingerprint density at radius 2 is 2.00 bits per heavy atom. The molecule has 1 saturated heterocycles. The number of hydrogen-bond acceptors (Lipinski definition) is 4. The van der Waals surface area contributed by atoms with Crippen LogP contribution >= 0.6 is 0 Å². The average Bonchev–Trinajstić information content (AvgIpc) is 2.62. The molecule has 0 bridgehead atoms. The monoisotopic (exact) mass is 323 g/mol. The van der Waals surface area contributed by atoms with Crippen LogP contribution in [-0.2, 0) is 11.2 Å². The Hall–Kier alpha value is -2.59. The number of para-hydroxylation sites is 1. The fourth-order valence-corrected chi connectivity index (χ4v) is 2.74. The van der Waals surface area contributed by atoms with E-state index in [9.17, 15) is 4.79 Å². The smallest absolute Gasteiger partial charge is 0.200 e. The van der Waals surface area contributed by atoms with Crippen molar-refractivity contribution in [1.29, 1.82) is 0 Å². The number of ether oxygens (including phenoxy) is 1. The van der Waals surface area contributed by atoms with Crippen molar-refractivity contribution in [3.05, 3.63) is 77.0 Å². The highest BCUT2D eigenvalue weighted by atomic mass is 16.5. The van der Waals surface area contributed by atoms with Gasteiger partial charge in [-0.05, 0) is 18.1 Å². The van der Waals surface area contributed by atoms with Gasteiger partial charge in [-0.2, -0.15) is 0 Å². The molecule has 3 rings (SSSR count). The number of benzene rings is 1. The van der Waals surface area contributed by atoms with Gasteiger partial charge in [0, 0.05) is 19.2 Å². The van der Waals surface area contributed by atoms with Crippen LogP contribution in [0.5, 0.6) is 0 Å². The van der Waals surface area contributed by atoms with Crippen molar-refractivity contribution >= 4 is 16.9 Å². The zero-order chi connectivity index (χ0) is 16.8. The molecule has 1 fully saturated rings. The summed E-state index contributed by atoms with van der Waals surface area (Å²) in [5.41, 5.74) is 1.67. The van der Waals surface area contributed by atoms with Crippen LogP contribution in [0.3, 0.4) is 0 Å². The van der Waals surface area contributed by atoms with Gasteiger partial charge in [-0.15, -0.1) is 0 Å². The number of nitrogens with zero attached hydrogens (tertiary/aromatic N) is 1. The van der Waals surface area contributed by atoms with Gasteiger partial charge in [0.05, 0.1) is 18.6 Å². The maximum atomic E-state index is 12.5. The van der Waals surface area contributed by atoms with Crippen molar-refractivity contribution in [2.75, 3.05) is 31.2 Å². The Labute approximate surface area is 141 Å². The molecule has 0 aliphatic carbocycles. The summed E-state index contributed by atoms with van der Waals surface area (Å²) in [5.74, 6) is 0.624. The summed E-state index contributed by atoms with van der Waals surface area (Å²) >= 11 is 0. The van der Waals surface area contributed by atoms with Crippen molar-refractivity contribution in [1.82, 2.24) is 0 Å². The van der Waals surface area contributed by atoms with Crippen LogP contribution in [-0.4, -0.2) is 26.3 Å². The molecule has 0 atom stereocenters. The molecule has 2 heterocycles. The third-order valence-electron chi connectivity index (χ3n) is 3.98. The molecular formula is C20H21NO3. The quantitative estimate of drug-likeness (QED) is 0.790. The number of morpholine rings is 1. The second kappa shape index (κ2) is 7.79. The zero-order valence-electron chi connectivity index (χ0n) is 13.6. The van der Waals surface area contributed by atoms with Crippen LogP contribution in [0.1, 0.15) is 5.56 Å². The molecule has 0 amide bonds. The first-order valence-electron chi connectivity index (χ1n) is 8.12. The fraction of sp³-hybridized carbons (Fsp3) is 0.250. The van der Waals surface area contributed by atoms with Crippen molar-refractivity contribution < 1.29 is 9.15 Å². The maximum Gasteiger partial charge on any atom is 0.200 e. The van der Waals surface area contributed by atoms with Crippen molar-refractivity contribution in [2.24, 2.45) is 0 Å². The number of hydrogen-bond donors (Lipinski definition) is 0. The van der Waals surface area contributed by atoms with E-state index in [4.69, 9.17) is 9.15 Å². The van der Waals surface area contributed by atoms with E-state index >= 15 is 0 Å². The van der Waals surface area contributed by atoms with Gasteiger partial charge < -0.3 is 14.1 Å². The van der Waals surface area contributed by atoms with E-state index < -0.39 is 0 Å².